The van der Waals surface area contributed by atoms with Gasteiger partial charge in [0, 0.05) is 63.7 Å². The largest absolute Gasteiger partial charge is 0.497 e. The van der Waals surface area contributed by atoms with Crippen LogP contribution in [0.15, 0.2) is 47.7 Å². The number of hydrogen-bond acceptors (Lipinski definition) is 15. The number of aromatic nitrogens is 2. The number of amides is 1. The molecule has 4 heterocycles. The highest BCUT2D eigenvalue weighted by molar-refractivity contribution is 6.39. The van der Waals surface area contributed by atoms with Crippen molar-refractivity contribution in [1.29, 1.82) is 0 Å². The number of imidazole rings is 1. The van der Waals surface area contributed by atoms with E-state index in [1.54, 1.807) is 47.4 Å². The van der Waals surface area contributed by atoms with Crippen LogP contribution in [0.2, 0.25) is 0 Å². The van der Waals surface area contributed by atoms with Crippen LogP contribution < -0.4 is 9.47 Å². The van der Waals surface area contributed by atoms with Gasteiger partial charge in [0.1, 0.15) is 48.0 Å². The number of aromatic amines is 1. The van der Waals surface area contributed by atoms with E-state index in [1.165, 1.54) is 19.1 Å². The molecular weight excluding hydrogens is 927 g/mol. The topological polar surface area (TPSA) is 214 Å². The number of Topliss-reactive ketones (excluding diaryl/α,β-unsaturated/α-hetero) is 2. The third kappa shape index (κ3) is 13.4. The number of esters is 1. The number of aliphatic hydroxyl groups excluding tert-OH is 1. The molecule has 1 aromatic heterocycles. The number of methoxy groups -OCH3 is 5. The Morgan fingerprint density at radius 2 is 1.57 bits per heavy atom. The first kappa shape index (κ1) is 56.8. The van der Waals surface area contributed by atoms with Crippen molar-refractivity contribution < 1.29 is 67.3 Å². The Morgan fingerprint density at radius 1 is 0.889 bits per heavy atom. The van der Waals surface area contributed by atoms with Gasteiger partial charge in [0.15, 0.2) is 0 Å². The summed E-state index contributed by atoms with van der Waals surface area (Å²) in [5.41, 5.74) is 3.30. The van der Waals surface area contributed by atoms with Gasteiger partial charge >= 0.3 is 5.97 Å². The summed E-state index contributed by atoms with van der Waals surface area (Å²) in [6.45, 7) is 11.5. The quantitative estimate of drug-likeness (QED) is 0.110. The molecule has 3 fully saturated rings. The third-order valence-electron chi connectivity index (χ3n) is 15.6. The summed E-state index contributed by atoms with van der Waals surface area (Å²) in [5, 5.41) is 24.1. The van der Waals surface area contributed by atoms with Crippen LogP contribution in [0.25, 0.3) is 11.3 Å². The first-order valence-corrected chi connectivity index (χ1v) is 25.9. The number of nitrogens with one attached hydrogen (secondary N) is 1. The Kier molecular flexibility index (Phi) is 20.2. The van der Waals surface area contributed by atoms with Gasteiger partial charge in [-0.05, 0) is 108 Å². The predicted molar refractivity (Wildman–Crippen MR) is 268 cm³/mol. The molecule has 1 aromatic carbocycles. The molecule has 72 heavy (non-hydrogen) atoms. The first-order chi connectivity index (χ1) is 34.4. The Labute approximate surface area is 425 Å². The fourth-order valence-corrected chi connectivity index (χ4v) is 11.3. The Hall–Kier alpha value is -4.49. The standard InChI is InChI=1S/C55H81N3O14/c1-12-37-20-31(2)19-32(3)21-47(68-10)51-48(69-11)23-34(5)55(64,72-51)52(61)53(62)58-18-14-13-15-42(58)54(63)71-50(35(6)43(59)28-44(37)60)33(4)22-36-16-17-45(46(24-36)67-9)70-30-49-56-29-41(57-49)38-25-39(65-7)27-40(26-38)66-8/h20,22,25-27,29,32,34-37,42-43,45-48,50-51,59,64H,12-19,21,23-24,28,30H2,1-11H3,(H,56,57)/b31-20+,33-22+/t32-,34+,35+,36?,37+,42-,43-,45+,46+,47-,48-,50+,51+,55+/m0/s1. The van der Waals surface area contributed by atoms with Crippen molar-refractivity contribution in [2.75, 3.05) is 42.1 Å². The van der Waals surface area contributed by atoms with E-state index in [4.69, 9.17) is 37.9 Å². The monoisotopic (exact) mass is 1010 g/mol. The molecule has 17 heteroatoms. The summed E-state index contributed by atoms with van der Waals surface area (Å²) >= 11 is 0. The lowest BCUT2D eigenvalue weighted by Gasteiger charge is -2.47. The van der Waals surface area contributed by atoms with E-state index in [2.05, 4.69) is 23.0 Å². The number of ether oxygens (including phenoxy) is 8. The van der Waals surface area contributed by atoms with Crippen molar-refractivity contribution in [3.05, 3.63) is 53.5 Å². The maximum Gasteiger partial charge on any atom is 0.329 e. The molecule has 6 rings (SSSR count). The van der Waals surface area contributed by atoms with E-state index in [9.17, 15) is 29.4 Å². The number of cyclic esters (lactones) is 1. The summed E-state index contributed by atoms with van der Waals surface area (Å²) in [6.07, 6.45) is 5.94. The molecule has 1 amide bonds. The van der Waals surface area contributed by atoms with Crippen LogP contribution in [0.5, 0.6) is 11.5 Å². The van der Waals surface area contributed by atoms with Crippen LogP contribution in [-0.2, 0) is 54.2 Å². The molecule has 0 spiro atoms. The number of carbonyl (C=O) groups is 4. The number of nitrogens with zero attached hydrogens (tertiary/aromatic N) is 2. The number of fused-ring (bicyclic) bond motifs is 3. The molecule has 0 radical (unpaired) electrons. The van der Waals surface area contributed by atoms with Gasteiger partial charge in [0.2, 0.25) is 5.79 Å². The highest BCUT2D eigenvalue weighted by Crippen LogP contribution is 2.40. The van der Waals surface area contributed by atoms with Crippen LogP contribution in [0.3, 0.4) is 0 Å². The minimum Gasteiger partial charge on any atom is -0.497 e. The van der Waals surface area contributed by atoms with Gasteiger partial charge in [0.05, 0.1) is 56.6 Å². The SMILES string of the molecule is CC[C@@H]1/C=C(\C)C[C@H](C)C[C@H](OC)[C@H]2O[C@@](O)(C(=O)C(=O)N3CCCC[C@H]3C(=O)O[C@H](/C(C)=C/C3CC[C@@H](OCc4ncc(-c5cc(OC)cc(OC)c5)[nH]4)[C@H](OC)C3)[C@H](C)[C@@H](O)CC1=O)[C@H](C)C[C@@H]2OC. The molecule has 400 valence electrons. The molecule has 1 saturated carbocycles. The van der Waals surface area contributed by atoms with E-state index >= 15 is 0 Å². The summed E-state index contributed by atoms with van der Waals surface area (Å²) in [6, 6.07) is 4.44. The zero-order valence-electron chi connectivity index (χ0n) is 44.3. The third-order valence-corrected chi connectivity index (χ3v) is 15.6. The molecule has 1 aliphatic carbocycles. The fraction of sp³-hybridized carbons (Fsp3) is 0.691. The van der Waals surface area contributed by atoms with Gasteiger partial charge in [-0.1, -0.05) is 45.4 Å². The van der Waals surface area contributed by atoms with Gasteiger partial charge < -0.3 is 58.0 Å². The van der Waals surface area contributed by atoms with E-state index in [1.807, 2.05) is 39.0 Å². The van der Waals surface area contributed by atoms with Crippen molar-refractivity contribution in [2.24, 2.45) is 29.6 Å². The summed E-state index contributed by atoms with van der Waals surface area (Å²) in [5.74, 6) is -5.69. The van der Waals surface area contributed by atoms with Gasteiger partial charge in [-0.2, -0.15) is 0 Å². The van der Waals surface area contributed by atoms with Gasteiger partial charge in [-0.15, -0.1) is 0 Å². The first-order valence-electron chi connectivity index (χ1n) is 25.9. The summed E-state index contributed by atoms with van der Waals surface area (Å²) in [4.78, 5) is 66.6. The van der Waals surface area contributed by atoms with Crippen LogP contribution >= 0.6 is 0 Å². The lowest BCUT2D eigenvalue weighted by Crippen LogP contribution is -2.64. The molecule has 4 aliphatic rings. The highest BCUT2D eigenvalue weighted by Gasteiger charge is 2.56. The second-order valence-corrected chi connectivity index (χ2v) is 20.8. The van der Waals surface area contributed by atoms with E-state index in [-0.39, 0.29) is 62.2 Å². The molecule has 3 aliphatic heterocycles. The second kappa shape index (κ2) is 25.6. The van der Waals surface area contributed by atoms with Crippen molar-refractivity contribution in [2.45, 2.75) is 173 Å². The Balaban J connectivity index is 1.25. The van der Waals surface area contributed by atoms with Crippen LogP contribution in [0.4, 0.5) is 0 Å². The maximum atomic E-state index is 14.6. The fourth-order valence-electron chi connectivity index (χ4n) is 11.3. The minimum absolute atomic E-state index is 0.0194. The summed E-state index contributed by atoms with van der Waals surface area (Å²) < 4.78 is 47.8. The van der Waals surface area contributed by atoms with Gasteiger partial charge in [-0.3, -0.25) is 14.4 Å². The second-order valence-electron chi connectivity index (χ2n) is 20.8. The average molecular weight is 1010 g/mol. The molecule has 2 saturated heterocycles. The maximum absolute atomic E-state index is 14.6. The number of benzene rings is 1. The number of rotatable bonds is 12. The molecule has 17 nitrogen and oxygen atoms in total. The van der Waals surface area contributed by atoms with E-state index in [0.717, 1.165) is 23.3 Å². The van der Waals surface area contributed by atoms with E-state index in [0.29, 0.717) is 67.8 Å². The smallest absolute Gasteiger partial charge is 0.329 e. The van der Waals surface area contributed by atoms with Crippen molar-refractivity contribution in [1.82, 2.24) is 14.9 Å². The molecule has 2 bridgehead atoms. The molecule has 2 aromatic rings. The number of ketones is 2. The minimum atomic E-state index is -2.52. The average Bonchev–Trinajstić information content (AvgIpc) is 3.87. The summed E-state index contributed by atoms with van der Waals surface area (Å²) in [7, 11) is 7.93. The number of piperidine rings is 1. The lowest BCUT2D eigenvalue weighted by molar-refractivity contribution is -0.302. The molecule has 1 unspecified atom stereocenters. The van der Waals surface area contributed by atoms with Crippen LogP contribution in [0, 0.1) is 29.6 Å². The van der Waals surface area contributed by atoms with Crippen LogP contribution in [0.1, 0.15) is 118 Å². The number of H-pyrrole nitrogens is 1. The van der Waals surface area contributed by atoms with Gasteiger partial charge in [0.25, 0.3) is 11.7 Å². The predicted octanol–water partition coefficient (Wildman–Crippen LogP) is 7.10. The Morgan fingerprint density at radius 3 is 2.22 bits per heavy atom. The molecule has 14 atom stereocenters. The van der Waals surface area contributed by atoms with Crippen molar-refractivity contribution in [3.8, 4) is 22.8 Å². The highest BCUT2D eigenvalue weighted by atomic mass is 16.7. The normalized spacial score (nSPS) is 34.8. The number of aliphatic hydroxyl groups is 2. The van der Waals surface area contributed by atoms with Gasteiger partial charge in [-0.25, -0.2) is 9.78 Å². The molecular formula is C55H81N3O14. The van der Waals surface area contributed by atoms with Crippen molar-refractivity contribution >= 4 is 23.4 Å². The number of allylic oxidation sites excluding steroid dienone is 3. The number of carbonyl (C=O) groups excluding carboxylic acids is 4. The lowest BCUT2D eigenvalue weighted by atomic mass is 9.81. The van der Waals surface area contributed by atoms with E-state index < -0.39 is 77.8 Å². The zero-order valence-corrected chi connectivity index (χ0v) is 44.3. The zero-order chi connectivity index (χ0) is 52.4. The number of hydrogen-bond donors (Lipinski definition) is 3. The Bertz CT molecular complexity index is 2200. The van der Waals surface area contributed by atoms with Crippen molar-refractivity contribution in [3.63, 3.8) is 0 Å². The van der Waals surface area contributed by atoms with Crippen LogP contribution in [-0.4, -0.2) is 145 Å². The molecule has 3 N–H and O–H groups in total.